The zero-order chi connectivity index (χ0) is 12.3. The summed E-state index contributed by atoms with van der Waals surface area (Å²) in [6.07, 6.45) is 3.56. The topological polar surface area (TPSA) is 87.6 Å². The Balaban J connectivity index is 2.13. The fraction of sp³-hybridized carbons (Fsp3) is 0.182. The first-order valence-electron chi connectivity index (χ1n) is 5.01. The van der Waals surface area contributed by atoms with Gasteiger partial charge in [0.25, 0.3) is 0 Å². The number of rotatable bonds is 3. The Labute approximate surface area is 103 Å². The molecule has 0 saturated heterocycles. The van der Waals surface area contributed by atoms with E-state index < -0.39 is 0 Å². The molecule has 0 fully saturated rings. The highest BCUT2D eigenvalue weighted by Gasteiger charge is 2.10. The number of nitrogens with one attached hydrogen (secondary N) is 1. The number of anilines is 2. The van der Waals surface area contributed by atoms with Gasteiger partial charge in [0.15, 0.2) is 5.82 Å². The molecule has 0 atom stereocenters. The van der Waals surface area contributed by atoms with Crippen molar-refractivity contribution in [1.29, 1.82) is 5.26 Å². The number of nitrogens with zero attached hydrogens (tertiary/aromatic N) is 3. The molecule has 0 aliphatic carbocycles. The normalized spacial score (nSPS) is 9.88. The number of nitriles is 1. The van der Waals surface area contributed by atoms with Gasteiger partial charge in [-0.15, -0.1) is 0 Å². The van der Waals surface area contributed by atoms with Gasteiger partial charge in [-0.3, -0.25) is 4.98 Å². The van der Waals surface area contributed by atoms with E-state index in [-0.39, 0.29) is 5.82 Å². The van der Waals surface area contributed by atoms with Crippen molar-refractivity contribution < 1.29 is 0 Å². The van der Waals surface area contributed by atoms with Crippen LogP contribution in [0.5, 0.6) is 0 Å². The molecule has 0 radical (unpaired) electrons. The van der Waals surface area contributed by atoms with Crippen LogP contribution >= 0.6 is 11.5 Å². The highest BCUT2D eigenvalue weighted by Crippen LogP contribution is 2.26. The summed E-state index contributed by atoms with van der Waals surface area (Å²) in [6, 6.07) is 3.99. The molecule has 2 rings (SSSR count). The quantitative estimate of drug-likeness (QED) is 0.862. The molecule has 0 bridgehead atoms. The monoisotopic (exact) mass is 245 g/mol. The van der Waals surface area contributed by atoms with Crippen LogP contribution in [-0.4, -0.2) is 9.36 Å². The number of aryl methyl sites for hydroxylation is 1. The summed E-state index contributed by atoms with van der Waals surface area (Å²) in [7, 11) is 0. The summed E-state index contributed by atoms with van der Waals surface area (Å²) in [5.74, 6) is 0.284. The third-order valence-electron chi connectivity index (χ3n) is 2.41. The van der Waals surface area contributed by atoms with Crippen molar-refractivity contribution in [3.05, 3.63) is 35.2 Å². The van der Waals surface area contributed by atoms with Crippen molar-refractivity contribution in [1.82, 2.24) is 9.36 Å². The van der Waals surface area contributed by atoms with Crippen LogP contribution in [0.3, 0.4) is 0 Å². The van der Waals surface area contributed by atoms with Gasteiger partial charge in [-0.25, -0.2) is 0 Å². The predicted octanol–water partition coefficient (Wildman–Crippen LogP) is 1.91. The van der Waals surface area contributed by atoms with Gasteiger partial charge < -0.3 is 11.1 Å². The van der Waals surface area contributed by atoms with Crippen LogP contribution in [0.1, 0.15) is 16.7 Å². The van der Waals surface area contributed by atoms with Gasteiger partial charge in [-0.05, 0) is 35.6 Å². The average molecular weight is 245 g/mol. The molecule has 86 valence electrons. The molecule has 2 heterocycles. The van der Waals surface area contributed by atoms with Gasteiger partial charge in [-0.1, -0.05) is 0 Å². The van der Waals surface area contributed by atoms with Crippen molar-refractivity contribution in [2.45, 2.75) is 13.5 Å². The lowest BCUT2D eigenvalue weighted by Gasteiger charge is -2.06. The Kier molecular flexibility index (Phi) is 3.21. The summed E-state index contributed by atoms with van der Waals surface area (Å²) in [6.45, 7) is 2.63. The summed E-state index contributed by atoms with van der Waals surface area (Å²) in [5, 5.41) is 12.8. The molecule has 0 amide bonds. The second-order valence-electron chi connectivity index (χ2n) is 3.54. The Hall–Kier alpha value is -2.13. The molecular weight excluding hydrogens is 234 g/mol. The molecule has 6 heteroatoms. The molecule has 5 nitrogen and oxygen atoms in total. The first-order chi connectivity index (χ1) is 8.22. The summed E-state index contributed by atoms with van der Waals surface area (Å²) >= 11 is 1.20. The standard InChI is InChI=1S/C11H11N5S/c1-7-5-14-3-2-8(7)6-15-11-9(4-12)10(13)16-17-11/h2-3,5,15H,6H2,1H3,(H2,13,16). The SMILES string of the molecule is Cc1cnccc1CNc1snc(N)c1C#N. The van der Waals surface area contributed by atoms with Crippen molar-refractivity contribution in [3.8, 4) is 6.07 Å². The number of nitrogen functional groups attached to an aromatic ring is 1. The number of pyridine rings is 1. The Morgan fingerprint density at radius 2 is 2.41 bits per heavy atom. The van der Waals surface area contributed by atoms with Gasteiger partial charge in [0, 0.05) is 18.9 Å². The fourth-order valence-electron chi connectivity index (χ4n) is 1.41. The average Bonchev–Trinajstić information content (AvgIpc) is 2.69. The van der Waals surface area contributed by atoms with E-state index in [1.54, 1.807) is 6.20 Å². The minimum absolute atomic E-state index is 0.284. The Morgan fingerprint density at radius 3 is 3.12 bits per heavy atom. The minimum atomic E-state index is 0.284. The number of nitrogens with two attached hydrogens (primary N) is 1. The van der Waals surface area contributed by atoms with Crippen LogP contribution in [0.4, 0.5) is 10.8 Å². The maximum atomic E-state index is 8.93. The molecular formula is C11H11N5S. The van der Waals surface area contributed by atoms with E-state index >= 15 is 0 Å². The first-order valence-corrected chi connectivity index (χ1v) is 5.78. The molecule has 2 aromatic heterocycles. The third kappa shape index (κ3) is 2.34. The molecule has 0 aromatic carbocycles. The lowest BCUT2D eigenvalue weighted by atomic mass is 10.1. The summed E-state index contributed by atoms with van der Waals surface area (Å²) < 4.78 is 3.94. The molecule has 0 aliphatic rings. The van der Waals surface area contributed by atoms with Gasteiger partial charge >= 0.3 is 0 Å². The molecule has 2 aromatic rings. The van der Waals surface area contributed by atoms with Crippen LogP contribution in [0.2, 0.25) is 0 Å². The smallest absolute Gasteiger partial charge is 0.157 e. The number of hydrogen-bond acceptors (Lipinski definition) is 6. The zero-order valence-corrected chi connectivity index (χ0v) is 10.1. The van der Waals surface area contributed by atoms with Crippen LogP contribution in [0.15, 0.2) is 18.5 Å². The minimum Gasteiger partial charge on any atom is -0.382 e. The maximum absolute atomic E-state index is 8.93. The van der Waals surface area contributed by atoms with E-state index in [2.05, 4.69) is 14.7 Å². The number of hydrogen-bond donors (Lipinski definition) is 2. The van der Waals surface area contributed by atoms with Crippen molar-refractivity contribution in [2.24, 2.45) is 0 Å². The number of aromatic nitrogens is 2. The summed E-state index contributed by atoms with van der Waals surface area (Å²) in [5.41, 5.74) is 8.24. The van der Waals surface area contributed by atoms with Crippen LogP contribution < -0.4 is 11.1 Å². The highest BCUT2D eigenvalue weighted by atomic mass is 32.1. The van der Waals surface area contributed by atoms with Crippen LogP contribution in [-0.2, 0) is 6.54 Å². The molecule has 0 saturated carbocycles. The Bertz CT molecular complexity index is 569. The zero-order valence-electron chi connectivity index (χ0n) is 9.27. The van der Waals surface area contributed by atoms with E-state index in [0.717, 1.165) is 11.1 Å². The molecule has 17 heavy (non-hydrogen) atoms. The lowest BCUT2D eigenvalue weighted by Crippen LogP contribution is -2.01. The molecule has 0 unspecified atom stereocenters. The Morgan fingerprint density at radius 1 is 1.59 bits per heavy atom. The molecule has 0 aliphatic heterocycles. The summed E-state index contributed by atoms with van der Waals surface area (Å²) in [4.78, 5) is 4.03. The molecule has 3 N–H and O–H groups in total. The third-order valence-corrected chi connectivity index (χ3v) is 3.23. The van der Waals surface area contributed by atoms with Gasteiger partial charge in [0.1, 0.15) is 16.6 Å². The second-order valence-corrected chi connectivity index (χ2v) is 4.31. The predicted molar refractivity (Wildman–Crippen MR) is 67.5 cm³/mol. The highest BCUT2D eigenvalue weighted by molar-refractivity contribution is 7.10. The van der Waals surface area contributed by atoms with E-state index in [0.29, 0.717) is 17.1 Å². The van der Waals surface area contributed by atoms with Crippen LogP contribution in [0, 0.1) is 18.3 Å². The second kappa shape index (κ2) is 4.80. The van der Waals surface area contributed by atoms with E-state index in [1.165, 1.54) is 11.5 Å². The van der Waals surface area contributed by atoms with Crippen LogP contribution in [0.25, 0.3) is 0 Å². The van der Waals surface area contributed by atoms with Gasteiger partial charge in [0.2, 0.25) is 0 Å². The lowest BCUT2D eigenvalue weighted by molar-refractivity contribution is 1.10. The largest absolute Gasteiger partial charge is 0.382 e. The van der Waals surface area contributed by atoms with Crippen molar-refractivity contribution in [2.75, 3.05) is 11.1 Å². The van der Waals surface area contributed by atoms with E-state index in [9.17, 15) is 0 Å². The maximum Gasteiger partial charge on any atom is 0.157 e. The van der Waals surface area contributed by atoms with Crippen molar-refractivity contribution >= 4 is 22.4 Å². The van der Waals surface area contributed by atoms with Crippen molar-refractivity contribution in [3.63, 3.8) is 0 Å². The van der Waals surface area contributed by atoms with Gasteiger partial charge in [-0.2, -0.15) is 9.64 Å². The van der Waals surface area contributed by atoms with Gasteiger partial charge in [0.05, 0.1) is 0 Å². The molecule has 0 spiro atoms. The van der Waals surface area contributed by atoms with E-state index in [4.69, 9.17) is 11.0 Å². The first kappa shape index (κ1) is 11.4. The van der Waals surface area contributed by atoms with E-state index in [1.807, 2.05) is 25.3 Å². The fourth-order valence-corrected chi connectivity index (χ4v) is 2.07.